The topological polar surface area (TPSA) is 41.6 Å². The summed E-state index contributed by atoms with van der Waals surface area (Å²) in [6, 6.07) is -0.156. The second-order valence-electron chi connectivity index (χ2n) is 4.89. The largest absolute Gasteiger partial charge is 0.465 e. The molecule has 0 saturated heterocycles. The Morgan fingerprint density at radius 2 is 1.68 bits per heavy atom. The van der Waals surface area contributed by atoms with E-state index >= 15 is 0 Å². The zero-order valence-corrected chi connectivity index (χ0v) is 13.2. The van der Waals surface area contributed by atoms with Crippen LogP contribution < -0.4 is 5.32 Å². The fraction of sp³-hybridized carbons (Fsp3) is 0.933. The molecule has 0 aromatic rings. The molecule has 0 aromatic heterocycles. The molecular weight excluding hydrogens is 240 g/mol. The highest BCUT2D eigenvalue weighted by molar-refractivity contribution is 5.75. The first kappa shape index (κ1) is 18.4. The van der Waals surface area contributed by atoms with Gasteiger partial charge in [-0.3, -0.25) is 4.79 Å². The van der Waals surface area contributed by atoms with Crippen molar-refractivity contribution in [2.75, 3.05) is 32.8 Å². The molecule has 0 aliphatic carbocycles. The number of hydrogen-bond acceptors (Lipinski definition) is 4. The van der Waals surface area contributed by atoms with Gasteiger partial charge in [0.2, 0.25) is 0 Å². The molecule has 4 nitrogen and oxygen atoms in total. The van der Waals surface area contributed by atoms with Crippen LogP contribution >= 0.6 is 0 Å². The number of carbonyl (C=O) groups excluding carboxylic acids is 1. The van der Waals surface area contributed by atoms with Crippen LogP contribution in [0.5, 0.6) is 0 Å². The number of nitrogens with zero attached hydrogens (tertiary/aromatic N) is 1. The van der Waals surface area contributed by atoms with Crippen molar-refractivity contribution >= 4 is 5.97 Å². The summed E-state index contributed by atoms with van der Waals surface area (Å²) in [5.74, 6) is -0.108. The van der Waals surface area contributed by atoms with Gasteiger partial charge in [-0.1, -0.05) is 20.8 Å². The van der Waals surface area contributed by atoms with Crippen LogP contribution in [0, 0.1) is 0 Å². The Hall–Kier alpha value is -0.610. The number of esters is 1. The van der Waals surface area contributed by atoms with Gasteiger partial charge in [0.15, 0.2) is 0 Å². The number of ether oxygens (including phenoxy) is 1. The summed E-state index contributed by atoms with van der Waals surface area (Å²) in [4.78, 5) is 14.3. The standard InChI is InChI=1S/C15H32N2O2/c1-5-10-16-14(15(18)19-8-4)9-13-17(11-6-2)12-7-3/h14,16H,5-13H2,1-4H3. The van der Waals surface area contributed by atoms with Crippen molar-refractivity contribution in [3.05, 3.63) is 0 Å². The Morgan fingerprint density at radius 1 is 1.05 bits per heavy atom. The minimum atomic E-state index is -0.156. The summed E-state index contributed by atoms with van der Waals surface area (Å²) in [7, 11) is 0. The van der Waals surface area contributed by atoms with E-state index in [4.69, 9.17) is 4.74 Å². The average molecular weight is 272 g/mol. The van der Waals surface area contributed by atoms with E-state index in [0.717, 1.165) is 51.9 Å². The van der Waals surface area contributed by atoms with Crippen LogP contribution in [0.1, 0.15) is 53.4 Å². The number of rotatable bonds is 12. The smallest absolute Gasteiger partial charge is 0.323 e. The third kappa shape index (κ3) is 9.00. The Balaban J connectivity index is 4.23. The van der Waals surface area contributed by atoms with E-state index in [1.54, 1.807) is 0 Å². The van der Waals surface area contributed by atoms with E-state index in [1.165, 1.54) is 0 Å². The predicted octanol–water partition coefficient (Wildman–Crippen LogP) is 2.43. The molecule has 0 rings (SSSR count). The average Bonchev–Trinajstić information content (AvgIpc) is 2.39. The summed E-state index contributed by atoms with van der Waals surface area (Å²) >= 11 is 0. The number of nitrogens with one attached hydrogen (secondary N) is 1. The molecule has 0 bridgehead atoms. The van der Waals surface area contributed by atoms with E-state index in [2.05, 4.69) is 31.0 Å². The lowest BCUT2D eigenvalue weighted by atomic mass is 10.2. The monoisotopic (exact) mass is 272 g/mol. The number of hydrogen-bond donors (Lipinski definition) is 1. The maximum Gasteiger partial charge on any atom is 0.323 e. The van der Waals surface area contributed by atoms with Crippen LogP contribution in [0.2, 0.25) is 0 Å². The van der Waals surface area contributed by atoms with Crippen molar-refractivity contribution in [1.82, 2.24) is 10.2 Å². The molecule has 19 heavy (non-hydrogen) atoms. The second-order valence-corrected chi connectivity index (χ2v) is 4.89. The molecular formula is C15H32N2O2. The van der Waals surface area contributed by atoms with Crippen molar-refractivity contribution in [3.63, 3.8) is 0 Å². The quantitative estimate of drug-likeness (QED) is 0.554. The highest BCUT2D eigenvalue weighted by Gasteiger charge is 2.19. The Bertz CT molecular complexity index is 216. The number of carbonyl (C=O) groups is 1. The maximum absolute atomic E-state index is 11.9. The van der Waals surface area contributed by atoms with Crippen molar-refractivity contribution in [1.29, 1.82) is 0 Å². The van der Waals surface area contributed by atoms with Crippen molar-refractivity contribution in [3.8, 4) is 0 Å². The van der Waals surface area contributed by atoms with Gasteiger partial charge in [-0.15, -0.1) is 0 Å². The lowest BCUT2D eigenvalue weighted by Crippen LogP contribution is -2.41. The molecule has 0 aliphatic heterocycles. The van der Waals surface area contributed by atoms with Gasteiger partial charge in [-0.2, -0.15) is 0 Å². The lowest BCUT2D eigenvalue weighted by Gasteiger charge is -2.24. The Morgan fingerprint density at radius 3 is 2.16 bits per heavy atom. The molecule has 1 N–H and O–H groups in total. The van der Waals surface area contributed by atoms with Crippen LogP contribution in [0.25, 0.3) is 0 Å². The second kappa shape index (κ2) is 12.4. The molecule has 0 heterocycles. The first-order chi connectivity index (χ1) is 9.19. The van der Waals surface area contributed by atoms with Gasteiger partial charge in [0.25, 0.3) is 0 Å². The molecule has 1 unspecified atom stereocenters. The zero-order valence-electron chi connectivity index (χ0n) is 13.2. The van der Waals surface area contributed by atoms with Gasteiger partial charge in [0.05, 0.1) is 6.61 Å². The van der Waals surface area contributed by atoms with Crippen LogP contribution in [-0.4, -0.2) is 49.7 Å². The van der Waals surface area contributed by atoms with E-state index in [9.17, 15) is 4.79 Å². The molecule has 1 atom stereocenters. The normalized spacial score (nSPS) is 12.7. The SMILES string of the molecule is CCCNC(CCN(CCC)CCC)C(=O)OCC. The van der Waals surface area contributed by atoms with E-state index < -0.39 is 0 Å². The molecule has 0 spiro atoms. The molecule has 4 heteroatoms. The van der Waals surface area contributed by atoms with Gasteiger partial charge in [0, 0.05) is 6.54 Å². The van der Waals surface area contributed by atoms with Gasteiger partial charge in [0.1, 0.15) is 6.04 Å². The minimum Gasteiger partial charge on any atom is -0.465 e. The van der Waals surface area contributed by atoms with Crippen LogP contribution in [-0.2, 0) is 9.53 Å². The third-order valence-electron chi connectivity index (χ3n) is 3.03. The Labute approximate surface area is 118 Å². The molecule has 0 radical (unpaired) electrons. The lowest BCUT2D eigenvalue weighted by molar-refractivity contribution is -0.145. The highest BCUT2D eigenvalue weighted by atomic mass is 16.5. The summed E-state index contributed by atoms with van der Waals surface area (Å²) < 4.78 is 5.13. The summed E-state index contributed by atoms with van der Waals surface area (Å²) in [5.41, 5.74) is 0. The fourth-order valence-corrected chi connectivity index (χ4v) is 2.14. The van der Waals surface area contributed by atoms with E-state index in [-0.39, 0.29) is 12.0 Å². The third-order valence-corrected chi connectivity index (χ3v) is 3.03. The van der Waals surface area contributed by atoms with Crippen molar-refractivity contribution < 1.29 is 9.53 Å². The molecule has 0 saturated carbocycles. The predicted molar refractivity (Wildman–Crippen MR) is 80.4 cm³/mol. The molecule has 114 valence electrons. The van der Waals surface area contributed by atoms with Crippen LogP contribution in [0.4, 0.5) is 0 Å². The Kier molecular flexibility index (Phi) is 12.0. The van der Waals surface area contributed by atoms with Gasteiger partial charge in [-0.05, 0) is 52.2 Å². The van der Waals surface area contributed by atoms with Crippen LogP contribution in [0.15, 0.2) is 0 Å². The van der Waals surface area contributed by atoms with Crippen LogP contribution in [0.3, 0.4) is 0 Å². The van der Waals surface area contributed by atoms with E-state index in [1.807, 2.05) is 6.92 Å². The fourth-order valence-electron chi connectivity index (χ4n) is 2.14. The van der Waals surface area contributed by atoms with Crippen molar-refractivity contribution in [2.45, 2.75) is 59.4 Å². The molecule has 0 aliphatic rings. The summed E-state index contributed by atoms with van der Waals surface area (Å²) in [6.07, 6.45) is 4.18. The van der Waals surface area contributed by atoms with Crippen molar-refractivity contribution in [2.24, 2.45) is 0 Å². The minimum absolute atomic E-state index is 0.108. The maximum atomic E-state index is 11.9. The first-order valence-electron chi connectivity index (χ1n) is 7.81. The zero-order chi connectivity index (χ0) is 14.5. The van der Waals surface area contributed by atoms with Gasteiger partial charge >= 0.3 is 5.97 Å². The summed E-state index contributed by atoms with van der Waals surface area (Å²) in [5, 5.41) is 3.29. The molecule has 0 fully saturated rings. The van der Waals surface area contributed by atoms with E-state index in [0.29, 0.717) is 6.61 Å². The molecule has 0 amide bonds. The summed E-state index contributed by atoms with van der Waals surface area (Å²) in [6.45, 7) is 12.9. The highest BCUT2D eigenvalue weighted by Crippen LogP contribution is 2.02. The molecule has 0 aromatic carbocycles. The van der Waals surface area contributed by atoms with Gasteiger partial charge in [-0.25, -0.2) is 0 Å². The van der Waals surface area contributed by atoms with Gasteiger partial charge < -0.3 is 15.0 Å². The first-order valence-corrected chi connectivity index (χ1v) is 7.81.